The molecule has 2 saturated carbocycles. The molecule has 0 radical (unpaired) electrons. The average molecular weight is 401 g/mol. The van der Waals surface area contributed by atoms with E-state index in [9.17, 15) is 4.79 Å². The van der Waals surface area contributed by atoms with Crippen LogP contribution in [0.3, 0.4) is 0 Å². The van der Waals surface area contributed by atoms with E-state index in [4.69, 9.17) is 0 Å². The molecule has 0 spiro atoms. The van der Waals surface area contributed by atoms with Gasteiger partial charge < -0.3 is 5.32 Å². The van der Waals surface area contributed by atoms with Gasteiger partial charge in [0.1, 0.15) is 0 Å². The summed E-state index contributed by atoms with van der Waals surface area (Å²) in [4.78, 5) is 13.6. The van der Waals surface area contributed by atoms with Crippen LogP contribution < -0.4 is 5.32 Å². The third kappa shape index (κ3) is 2.47. The number of amides is 1. The van der Waals surface area contributed by atoms with Gasteiger partial charge in [-0.05, 0) is 48.1 Å². The Morgan fingerprint density at radius 3 is 2.89 bits per heavy atom. The molecule has 5 nitrogen and oxygen atoms in total. The SMILES string of the molecule is CC1(C)C2CCC1(C)C(NC(=O)CSc1nnc3sc4ccccc4n13)C2. The minimum atomic E-state index is 0.103. The predicted octanol–water partition coefficient (Wildman–Crippen LogP) is 4.37. The number of hydrogen-bond donors (Lipinski definition) is 1. The first-order chi connectivity index (χ1) is 12.9. The molecule has 1 N–H and O–H groups in total. The smallest absolute Gasteiger partial charge is 0.230 e. The standard InChI is InChI=1S/C20H24N4OS2/c1-19(2)12-8-9-20(19,3)15(10-12)21-16(25)11-26-17-22-23-18-24(17)13-6-4-5-7-14(13)27-18/h4-7,12,15H,8-11H2,1-3H3,(H,21,25). The first-order valence-corrected chi connectivity index (χ1v) is 11.4. The molecule has 2 aliphatic rings. The van der Waals surface area contributed by atoms with Crippen molar-refractivity contribution in [2.75, 3.05) is 5.75 Å². The summed E-state index contributed by atoms with van der Waals surface area (Å²) in [5.74, 6) is 1.21. The molecule has 2 bridgehead atoms. The normalized spacial score (nSPS) is 29.0. The van der Waals surface area contributed by atoms with Crippen LogP contribution in [0.1, 0.15) is 40.0 Å². The van der Waals surface area contributed by atoms with Gasteiger partial charge in [-0.25, -0.2) is 0 Å². The molecule has 2 aromatic heterocycles. The lowest BCUT2D eigenvalue weighted by atomic mass is 9.69. The number of nitrogens with zero attached hydrogens (tertiary/aromatic N) is 3. The zero-order valence-corrected chi connectivity index (χ0v) is 17.5. The molecule has 3 atom stereocenters. The van der Waals surface area contributed by atoms with E-state index in [1.54, 1.807) is 11.3 Å². The van der Waals surface area contributed by atoms with Crippen LogP contribution in [-0.2, 0) is 4.79 Å². The van der Waals surface area contributed by atoms with E-state index in [1.165, 1.54) is 29.3 Å². The van der Waals surface area contributed by atoms with Gasteiger partial charge in [0.05, 0.1) is 16.0 Å². The molecule has 2 aliphatic carbocycles. The van der Waals surface area contributed by atoms with Gasteiger partial charge in [0.15, 0.2) is 5.16 Å². The predicted molar refractivity (Wildman–Crippen MR) is 110 cm³/mol. The van der Waals surface area contributed by atoms with Crippen molar-refractivity contribution in [3.63, 3.8) is 0 Å². The Hall–Kier alpha value is -1.60. The Bertz CT molecular complexity index is 1040. The van der Waals surface area contributed by atoms with Gasteiger partial charge >= 0.3 is 0 Å². The Kier molecular flexibility index (Phi) is 3.85. The van der Waals surface area contributed by atoms with Crippen molar-refractivity contribution in [2.45, 2.75) is 51.2 Å². The van der Waals surface area contributed by atoms with Gasteiger partial charge in [0.25, 0.3) is 0 Å². The molecule has 5 rings (SSSR count). The fourth-order valence-corrected chi connectivity index (χ4v) is 7.02. The zero-order valence-electron chi connectivity index (χ0n) is 15.9. The highest BCUT2D eigenvalue weighted by atomic mass is 32.2. The van der Waals surface area contributed by atoms with Gasteiger partial charge in [-0.1, -0.05) is 56.0 Å². The molecule has 2 heterocycles. The maximum atomic E-state index is 12.7. The molecule has 1 aromatic carbocycles. The summed E-state index contributed by atoms with van der Waals surface area (Å²) in [5.41, 5.74) is 1.63. The van der Waals surface area contributed by atoms with Crippen molar-refractivity contribution < 1.29 is 4.79 Å². The number of rotatable bonds is 4. The second kappa shape index (κ2) is 5.95. The number of benzene rings is 1. The Balaban J connectivity index is 1.30. The zero-order chi connectivity index (χ0) is 18.8. The monoisotopic (exact) mass is 400 g/mol. The quantitative estimate of drug-likeness (QED) is 0.661. The molecule has 7 heteroatoms. The number of aromatic nitrogens is 3. The summed E-state index contributed by atoms with van der Waals surface area (Å²) >= 11 is 3.10. The van der Waals surface area contributed by atoms with Crippen LogP contribution in [-0.4, -0.2) is 32.3 Å². The number of hydrogen-bond acceptors (Lipinski definition) is 5. The van der Waals surface area contributed by atoms with E-state index in [2.05, 4.69) is 52.8 Å². The lowest BCUT2D eigenvalue weighted by Gasteiger charge is -2.39. The molecule has 3 aromatic rings. The van der Waals surface area contributed by atoms with Crippen LogP contribution in [0.5, 0.6) is 0 Å². The summed E-state index contributed by atoms with van der Waals surface area (Å²) in [6.07, 6.45) is 3.63. The highest BCUT2D eigenvalue weighted by Gasteiger charge is 2.61. The van der Waals surface area contributed by atoms with E-state index in [0.717, 1.165) is 28.0 Å². The lowest BCUT2D eigenvalue weighted by molar-refractivity contribution is -0.120. The van der Waals surface area contributed by atoms with Crippen LogP contribution in [0, 0.1) is 16.7 Å². The fraction of sp³-hybridized carbons (Fsp3) is 0.550. The lowest BCUT2D eigenvalue weighted by Crippen LogP contribution is -2.47. The minimum Gasteiger partial charge on any atom is -0.352 e. The van der Waals surface area contributed by atoms with E-state index in [-0.39, 0.29) is 11.3 Å². The van der Waals surface area contributed by atoms with Gasteiger partial charge in [-0.2, -0.15) is 0 Å². The number of thioether (sulfide) groups is 1. The fourth-order valence-electron chi connectivity index (χ4n) is 5.24. The third-order valence-electron chi connectivity index (χ3n) is 7.37. The summed E-state index contributed by atoms with van der Waals surface area (Å²) in [7, 11) is 0. The van der Waals surface area contributed by atoms with Crippen LogP contribution >= 0.6 is 23.1 Å². The largest absolute Gasteiger partial charge is 0.352 e. The van der Waals surface area contributed by atoms with E-state index in [0.29, 0.717) is 17.2 Å². The third-order valence-corrected chi connectivity index (χ3v) is 9.31. The van der Waals surface area contributed by atoms with Crippen molar-refractivity contribution >= 4 is 44.2 Å². The van der Waals surface area contributed by atoms with Crippen LogP contribution in [0.15, 0.2) is 29.4 Å². The van der Waals surface area contributed by atoms with Crippen molar-refractivity contribution in [2.24, 2.45) is 16.7 Å². The molecule has 2 fully saturated rings. The van der Waals surface area contributed by atoms with Crippen molar-refractivity contribution in [3.8, 4) is 0 Å². The molecular weight excluding hydrogens is 376 g/mol. The Morgan fingerprint density at radius 2 is 2.15 bits per heavy atom. The molecule has 27 heavy (non-hydrogen) atoms. The van der Waals surface area contributed by atoms with Gasteiger partial charge in [0.2, 0.25) is 10.9 Å². The van der Waals surface area contributed by atoms with Gasteiger partial charge in [0, 0.05) is 6.04 Å². The number of nitrogens with one attached hydrogen (secondary N) is 1. The molecule has 3 unspecified atom stereocenters. The van der Waals surface area contributed by atoms with Crippen LogP contribution in [0.2, 0.25) is 0 Å². The second-order valence-electron chi connectivity index (χ2n) is 8.69. The molecular formula is C20H24N4OS2. The first kappa shape index (κ1) is 17.5. The summed E-state index contributed by atoms with van der Waals surface area (Å²) < 4.78 is 3.24. The summed E-state index contributed by atoms with van der Waals surface area (Å²) in [6, 6.07) is 8.51. The van der Waals surface area contributed by atoms with E-state index in [1.807, 2.05) is 12.1 Å². The topological polar surface area (TPSA) is 59.3 Å². The molecule has 0 aliphatic heterocycles. The average Bonchev–Trinajstić information content (AvgIpc) is 3.30. The molecule has 142 valence electrons. The van der Waals surface area contributed by atoms with Crippen LogP contribution in [0.25, 0.3) is 15.2 Å². The molecule has 1 amide bonds. The second-order valence-corrected chi connectivity index (χ2v) is 10.6. The van der Waals surface area contributed by atoms with Crippen molar-refractivity contribution in [1.82, 2.24) is 19.9 Å². The Morgan fingerprint density at radius 1 is 1.33 bits per heavy atom. The molecule has 0 saturated heterocycles. The summed E-state index contributed by atoms with van der Waals surface area (Å²) in [6.45, 7) is 7.11. The highest BCUT2D eigenvalue weighted by molar-refractivity contribution is 7.99. The van der Waals surface area contributed by atoms with Crippen LogP contribution in [0.4, 0.5) is 0 Å². The van der Waals surface area contributed by atoms with Crippen molar-refractivity contribution in [3.05, 3.63) is 24.3 Å². The Labute approximate surface area is 166 Å². The summed E-state index contributed by atoms with van der Waals surface area (Å²) in [5, 5.41) is 12.7. The number of carbonyl (C=O) groups excluding carboxylic acids is 1. The van der Waals surface area contributed by atoms with E-state index >= 15 is 0 Å². The van der Waals surface area contributed by atoms with Crippen molar-refractivity contribution in [1.29, 1.82) is 0 Å². The number of thiazole rings is 1. The number of carbonyl (C=O) groups is 1. The highest BCUT2D eigenvalue weighted by Crippen LogP contribution is 2.65. The number of fused-ring (bicyclic) bond motifs is 5. The number of para-hydroxylation sites is 1. The minimum absolute atomic E-state index is 0.103. The van der Waals surface area contributed by atoms with Gasteiger partial charge in [-0.3, -0.25) is 9.20 Å². The maximum Gasteiger partial charge on any atom is 0.230 e. The van der Waals surface area contributed by atoms with E-state index < -0.39 is 0 Å². The van der Waals surface area contributed by atoms with Gasteiger partial charge in [-0.15, -0.1) is 10.2 Å². The maximum absolute atomic E-state index is 12.7. The first-order valence-electron chi connectivity index (χ1n) is 9.55.